The van der Waals surface area contributed by atoms with Crippen molar-refractivity contribution < 1.29 is 19.8 Å². The summed E-state index contributed by atoms with van der Waals surface area (Å²) in [7, 11) is 0. The zero-order valence-corrected chi connectivity index (χ0v) is 10.5. The number of carboxylic acid groups (broad SMARTS) is 1. The van der Waals surface area contributed by atoms with Crippen LogP contribution in [0.5, 0.6) is 0 Å². The van der Waals surface area contributed by atoms with E-state index in [0.29, 0.717) is 12.8 Å². The van der Waals surface area contributed by atoms with Crippen molar-refractivity contribution in [3.05, 3.63) is 35.9 Å². The molecule has 104 valence electrons. The number of benzene rings is 1. The Hall–Kier alpha value is -1.92. The van der Waals surface area contributed by atoms with Gasteiger partial charge in [0, 0.05) is 0 Å². The number of carboxylic acids is 1. The van der Waals surface area contributed by atoms with E-state index in [4.69, 9.17) is 15.9 Å². The predicted molar refractivity (Wildman–Crippen MR) is 69.4 cm³/mol. The van der Waals surface area contributed by atoms with Gasteiger partial charge in [-0.15, -0.1) is 0 Å². The second-order valence-electron chi connectivity index (χ2n) is 4.21. The number of aryl methyl sites for hydroxylation is 1. The fraction of sp³-hybridized carbons (Fsp3) is 0.385. The molecule has 1 rings (SSSR count). The first-order valence-corrected chi connectivity index (χ1v) is 5.98. The Balaban J connectivity index is 2.42. The topological polar surface area (TPSA) is 113 Å². The van der Waals surface area contributed by atoms with E-state index in [1.807, 2.05) is 30.3 Å². The molecule has 0 saturated carbocycles. The minimum Gasteiger partial charge on any atom is -0.480 e. The highest BCUT2D eigenvalue weighted by Crippen LogP contribution is 2.04. The summed E-state index contributed by atoms with van der Waals surface area (Å²) in [4.78, 5) is 22.3. The summed E-state index contributed by atoms with van der Waals surface area (Å²) in [5.41, 5.74) is 6.74. The minimum absolute atomic E-state index is 0.410. The molecule has 0 aliphatic heterocycles. The number of aliphatic hydroxyl groups is 1. The Morgan fingerprint density at radius 2 is 1.89 bits per heavy atom. The van der Waals surface area contributed by atoms with Crippen LogP contribution in [0.4, 0.5) is 0 Å². The first-order valence-electron chi connectivity index (χ1n) is 5.98. The Morgan fingerprint density at radius 1 is 1.26 bits per heavy atom. The average Bonchev–Trinajstić information content (AvgIpc) is 2.42. The standard InChI is InChI=1S/C13H18N2O4/c14-10(7-6-9-4-2-1-3-5-9)12(17)15-11(8-16)13(18)19/h1-5,10-11,16H,6-8,14H2,(H,15,17)(H,18,19)/t10-,11+/m0/s1. The number of carbonyl (C=O) groups is 2. The van der Waals surface area contributed by atoms with Crippen molar-refractivity contribution in [2.75, 3.05) is 6.61 Å². The van der Waals surface area contributed by atoms with Gasteiger partial charge in [0.25, 0.3) is 0 Å². The number of rotatable bonds is 7. The van der Waals surface area contributed by atoms with Gasteiger partial charge in [-0.3, -0.25) is 4.79 Å². The first-order chi connectivity index (χ1) is 9.04. The summed E-state index contributed by atoms with van der Waals surface area (Å²) in [5, 5.41) is 19.7. The van der Waals surface area contributed by atoms with Gasteiger partial charge in [0.05, 0.1) is 12.6 Å². The zero-order valence-electron chi connectivity index (χ0n) is 10.5. The molecule has 5 N–H and O–H groups in total. The minimum atomic E-state index is -1.31. The first kappa shape index (κ1) is 15.1. The highest BCUT2D eigenvalue weighted by Gasteiger charge is 2.22. The van der Waals surface area contributed by atoms with Crippen molar-refractivity contribution in [3.8, 4) is 0 Å². The maximum Gasteiger partial charge on any atom is 0.328 e. The van der Waals surface area contributed by atoms with Crippen LogP contribution < -0.4 is 11.1 Å². The van der Waals surface area contributed by atoms with Gasteiger partial charge in [0.2, 0.25) is 5.91 Å². The van der Waals surface area contributed by atoms with E-state index in [1.165, 1.54) is 0 Å². The molecular weight excluding hydrogens is 248 g/mol. The van der Waals surface area contributed by atoms with Crippen molar-refractivity contribution in [1.82, 2.24) is 5.32 Å². The van der Waals surface area contributed by atoms with Gasteiger partial charge in [-0.05, 0) is 18.4 Å². The molecule has 0 radical (unpaired) electrons. The molecule has 1 amide bonds. The van der Waals surface area contributed by atoms with Crippen LogP contribution in [-0.2, 0) is 16.0 Å². The van der Waals surface area contributed by atoms with Gasteiger partial charge in [0.15, 0.2) is 0 Å². The third kappa shape index (κ3) is 5.07. The smallest absolute Gasteiger partial charge is 0.328 e. The molecular formula is C13H18N2O4. The lowest BCUT2D eigenvalue weighted by atomic mass is 10.1. The van der Waals surface area contributed by atoms with Gasteiger partial charge >= 0.3 is 5.97 Å². The van der Waals surface area contributed by atoms with E-state index in [9.17, 15) is 9.59 Å². The Morgan fingerprint density at radius 3 is 2.42 bits per heavy atom. The maximum absolute atomic E-state index is 11.6. The number of nitrogens with two attached hydrogens (primary N) is 1. The molecule has 1 aromatic rings. The number of carbonyl (C=O) groups excluding carboxylic acids is 1. The van der Waals surface area contributed by atoms with Gasteiger partial charge in [-0.1, -0.05) is 30.3 Å². The molecule has 1 aromatic carbocycles. The molecule has 2 atom stereocenters. The molecule has 0 aromatic heterocycles. The number of amides is 1. The monoisotopic (exact) mass is 266 g/mol. The fourth-order valence-electron chi connectivity index (χ4n) is 1.56. The third-order valence-electron chi connectivity index (χ3n) is 2.72. The van der Waals surface area contributed by atoms with Crippen molar-refractivity contribution in [1.29, 1.82) is 0 Å². The quantitative estimate of drug-likeness (QED) is 0.532. The van der Waals surface area contributed by atoms with E-state index in [1.54, 1.807) is 0 Å². The van der Waals surface area contributed by atoms with Crippen molar-refractivity contribution in [2.45, 2.75) is 24.9 Å². The van der Waals surface area contributed by atoms with Crippen molar-refractivity contribution >= 4 is 11.9 Å². The summed E-state index contributed by atoms with van der Waals surface area (Å²) in [6, 6.07) is 7.44. The van der Waals surface area contributed by atoms with E-state index < -0.39 is 30.6 Å². The highest BCUT2D eigenvalue weighted by atomic mass is 16.4. The molecule has 0 fully saturated rings. The van der Waals surface area contributed by atoms with Crippen LogP contribution in [0, 0.1) is 0 Å². The normalized spacial score (nSPS) is 13.6. The van der Waals surface area contributed by atoms with Crippen LogP contribution >= 0.6 is 0 Å². The van der Waals surface area contributed by atoms with Crippen LogP contribution in [0.15, 0.2) is 30.3 Å². The molecule has 0 unspecified atom stereocenters. The third-order valence-corrected chi connectivity index (χ3v) is 2.72. The zero-order chi connectivity index (χ0) is 14.3. The van der Waals surface area contributed by atoms with Gasteiger partial charge < -0.3 is 21.3 Å². The van der Waals surface area contributed by atoms with E-state index in [2.05, 4.69) is 5.32 Å². The summed E-state index contributed by atoms with van der Waals surface area (Å²) in [6.45, 7) is -0.660. The second-order valence-corrected chi connectivity index (χ2v) is 4.21. The SMILES string of the molecule is N[C@@H](CCc1ccccc1)C(=O)N[C@H](CO)C(=O)O. The van der Waals surface area contributed by atoms with Crippen LogP contribution in [0.1, 0.15) is 12.0 Å². The van der Waals surface area contributed by atoms with E-state index in [-0.39, 0.29) is 0 Å². The molecule has 0 bridgehead atoms. The Kier molecular flexibility index (Phi) is 5.98. The van der Waals surface area contributed by atoms with Crippen LogP contribution in [0.25, 0.3) is 0 Å². The fourth-order valence-corrected chi connectivity index (χ4v) is 1.56. The van der Waals surface area contributed by atoms with Gasteiger partial charge in [-0.2, -0.15) is 0 Å². The summed E-state index contributed by atoms with van der Waals surface area (Å²) in [5.74, 6) is -1.86. The largest absolute Gasteiger partial charge is 0.480 e. The van der Waals surface area contributed by atoms with Gasteiger partial charge in [-0.25, -0.2) is 4.79 Å². The molecule has 0 spiro atoms. The van der Waals surface area contributed by atoms with Crippen LogP contribution in [0.3, 0.4) is 0 Å². The molecule has 0 aliphatic carbocycles. The lowest BCUT2D eigenvalue weighted by molar-refractivity contribution is -0.143. The lowest BCUT2D eigenvalue weighted by Crippen LogP contribution is -2.50. The van der Waals surface area contributed by atoms with E-state index in [0.717, 1.165) is 5.56 Å². The molecule has 0 saturated heterocycles. The predicted octanol–water partition coefficient (Wildman–Crippen LogP) is -0.492. The lowest BCUT2D eigenvalue weighted by Gasteiger charge is -2.16. The molecule has 19 heavy (non-hydrogen) atoms. The van der Waals surface area contributed by atoms with E-state index >= 15 is 0 Å². The van der Waals surface area contributed by atoms with Crippen LogP contribution in [0.2, 0.25) is 0 Å². The summed E-state index contributed by atoms with van der Waals surface area (Å²) >= 11 is 0. The molecule has 6 nitrogen and oxygen atoms in total. The Bertz CT molecular complexity index is 422. The van der Waals surface area contributed by atoms with Crippen molar-refractivity contribution in [3.63, 3.8) is 0 Å². The number of aliphatic carboxylic acids is 1. The van der Waals surface area contributed by atoms with Crippen LogP contribution in [-0.4, -0.2) is 40.8 Å². The number of aliphatic hydroxyl groups excluding tert-OH is 1. The maximum atomic E-state index is 11.6. The molecule has 0 heterocycles. The second kappa shape index (κ2) is 7.50. The number of nitrogens with one attached hydrogen (secondary N) is 1. The molecule has 0 aliphatic rings. The molecule has 6 heteroatoms. The highest BCUT2D eigenvalue weighted by molar-refractivity contribution is 5.86. The number of hydrogen-bond donors (Lipinski definition) is 4. The van der Waals surface area contributed by atoms with Gasteiger partial charge in [0.1, 0.15) is 6.04 Å². The average molecular weight is 266 g/mol. The summed E-state index contributed by atoms with van der Waals surface area (Å²) in [6.07, 6.45) is 1.04. The van der Waals surface area contributed by atoms with Crippen molar-refractivity contribution in [2.24, 2.45) is 5.73 Å². The summed E-state index contributed by atoms with van der Waals surface area (Å²) < 4.78 is 0. The number of hydrogen-bond acceptors (Lipinski definition) is 4. The Labute approximate surface area is 111 Å².